The molecule has 0 unspecified atom stereocenters. The van der Waals surface area contributed by atoms with Gasteiger partial charge in [-0.25, -0.2) is 0 Å². The van der Waals surface area contributed by atoms with Crippen LogP contribution >= 0.6 is 0 Å². The second kappa shape index (κ2) is 7.76. The molecule has 4 rings (SSSR count). The molecule has 0 fully saturated rings. The third-order valence-electron chi connectivity index (χ3n) is 4.53. The summed E-state index contributed by atoms with van der Waals surface area (Å²) in [5.41, 5.74) is 6.18. The van der Waals surface area contributed by atoms with Gasteiger partial charge in [0.05, 0.1) is 22.6 Å². The molecule has 0 aliphatic heterocycles. The van der Waals surface area contributed by atoms with E-state index in [1.165, 1.54) is 33.7 Å². The number of rotatable bonds is 4. The highest BCUT2D eigenvalue weighted by Gasteiger charge is 2.22. The highest BCUT2D eigenvalue weighted by Crippen LogP contribution is 2.31. The average Bonchev–Trinajstić information content (AvgIpc) is 2.71. The van der Waals surface area contributed by atoms with Crippen LogP contribution in [0.4, 0.5) is 0 Å². The van der Waals surface area contributed by atoms with Crippen molar-refractivity contribution >= 4 is 6.08 Å². The summed E-state index contributed by atoms with van der Waals surface area (Å²) in [4.78, 5) is 0. The Bertz CT molecular complexity index is 890. The summed E-state index contributed by atoms with van der Waals surface area (Å²) in [6.45, 7) is 0. The first kappa shape index (κ1) is 16.2. The van der Waals surface area contributed by atoms with Crippen LogP contribution < -0.4 is 0 Å². The number of hydrogen-bond donors (Lipinski definition) is 0. The van der Waals surface area contributed by atoms with Crippen molar-refractivity contribution in [1.82, 2.24) is 0 Å². The van der Waals surface area contributed by atoms with E-state index in [4.69, 9.17) is 0 Å². The lowest BCUT2D eigenvalue weighted by Gasteiger charge is -2.13. The van der Waals surface area contributed by atoms with E-state index in [9.17, 15) is 0 Å². The van der Waals surface area contributed by atoms with Gasteiger partial charge in [-0.15, -0.1) is 0 Å². The molecule has 0 nitrogen and oxygen atoms in total. The molecular formula is C26H21+. The normalized spacial score (nSPS) is 12.8. The van der Waals surface area contributed by atoms with Crippen LogP contribution in [0, 0.1) is 5.92 Å². The molecule has 26 heavy (non-hydrogen) atoms. The standard InChI is InChI=1S/C26H21/c1-4-11-21(12-5-1)19-22-13-10-18-25(20-22)26(23-14-6-2-7-15-23)24-16-8-3-9-17-24/h2-20H,1H2/q+1. The van der Waals surface area contributed by atoms with E-state index in [0.29, 0.717) is 0 Å². The van der Waals surface area contributed by atoms with Crippen molar-refractivity contribution in [3.05, 3.63) is 143 Å². The fourth-order valence-electron chi connectivity index (χ4n) is 3.32. The maximum atomic E-state index is 2.28. The average molecular weight is 333 g/mol. The van der Waals surface area contributed by atoms with Crippen molar-refractivity contribution in [2.24, 2.45) is 0 Å². The van der Waals surface area contributed by atoms with Crippen molar-refractivity contribution in [2.75, 3.05) is 0 Å². The van der Waals surface area contributed by atoms with Crippen LogP contribution in [0.3, 0.4) is 0 Å². The SMILES string of the molecule is C1=CC(=Cc2cccc([C+](c3ccccc3)c3ccccc3)c2)C=CC1. The van der Waals surface area contributed by atoms with Crippen molar-refractivity contribution in [3.63, 3.8) is 0 Å². The molecular weight excluding hydrogens is 312 g/mol. The molecule has 0 bridgehead atoms. The highest BCUT2D eigenvalue weighted by molar-refractivity contribution is 5.64. The molecule has 1 aliphatic rings. The summed E-state index contributed by atoms with van der Waals surface area (Å²) >= 11 is 0. The van der Waals surface area contributed by atoms with Gasteiger partial charge in [-0.3, -0.25) is 0 Å². The molecule has 3 aromatic rings. The summed E-state index contributed by atoms with van der Waals surface area (Å²) in [6, 6.07) is 30.0. The van der Waals surface area contributed by atoms with E-state index in [1.54, 1.807) is 0 Å². The Kier molecular flexibility index (Phi) is 4.84. The number of hydrogen-bond acceptors (Lipinski definition) is 0. The molecule has 0 radical (unpaired) electrons. The van der Waals surface area contributed by atoms with Crippen molar-refractivity contribution in [1.29, 1.82) is 0 Å². The van der Waals surface area contributed by atoms with E-state index in [1.807, 2.05) is 0 Å². The molecule has 0 amide bonds. The fraction of sp³-hybridized carbons (Fsp3) is 0.0385. The second-order valence-electron chi connectivity index (χ2n) is 6.42. The fourth-order valence-corrected chi connectivity index (χ4v) is 3.32. The zero-order valence-corrected chi connectivity index (χ0v) is 14.7. The predicted octanol–water partition coefficient (Wildman–Crippen LogP) is 6.61. The second-order valence-corrected chi connectivity index (χ2v) is 6.42. The molecule has 0 spiro atoms. The van der Waals surface area contributed by atoms with Gasteiger partial charge in [0.15, 0.2) is 0 Å². The lowest BCUT2D eigenvalue weighted by Crippen LogP contribution is -2.04. The van der Waals surface area contributed by atoms with Crippen molar-refractivity contribution < 1.29 is 0 Å². The largest absolute Gasteiger partial charge is 0.0801 e. The minimum absolute atomic E-state index is 1.03. The van der Waals surface area contributed by atoms with E-state index in [0.717, 1.165) is 6.42 Å². The maximum absolute atomic E-state index is 2.28. The van der Waals surface area contributed by atoms with Crippen LogP contribution in [0.25, 0.3) is 6.08 Å². The van der Waals surface area contributed by atoms with E-state index >= 15 is 0 Å². The van der Waals surface area contributed by atoms with Gasteiger partial charge in [-0.1, -0.05) is 36.4 Å². The third-order valence-corrected chi connectivity index (χ3v) is 4.53. The van der Waals surface area contributed by atoms with Gasteiger partial charge in [0.1, 0.15) is 0 Å². The van der Waals surface area contributed by atoms with Crippen LogP contribution in [0.15, 0.2) is 115 Å². The Labute approximate surface area is 155 Å². The highest BCUT2D eigenvalue weighted by atomic mass is 14.2. The predicted molar refractivity (Wildman–Crippen MR) is 111 cm³/mol. The first-order valence-corrected chi connectivity index (χ1v) is 9.03. The minimum atomic E-state index is 1.03. The van der Waals surface area contributed by atoms with Crippen molar-refractivity contribution in [2.45, 2.75) is 6.42 Å². The van der Waals surface area contributed by atoms with Crippen LogP contribution in [0.1, 0.15) is 28.7 Å². The first-order valence-electron chi connectivity index (χ1n) is 9.03. The molecule has 0 saturated heterocycles. The van der Waals surface area contributed by atoms with E-state index in [-0.39, 0.29) is 0 Å². The van der Waals surface area contributed by atoms with Gasteiger partial charge in [0.25, 0.3) is 0 Å². The number of allylic oxidation sites excluding steroid dienone is 5. The summed E-state index contributed by atoms with van der Waals surface area (Å²) in [5.74, 6) is 1.26. The first-order chi connectivity index (χ1) is 12.9. The topological polar surface area (TPSA) is 0 Å². The van der Waals surface area contributed by atoms with Crippen LogP contribution in [-0.2, 0) is 0 Å². The Balaban J connectivity index is 1.77. The van der Waals surface area contributed by atoms with Gasteiger partial charge in [-0.05, 0) is 90.9 Å². The Morgan fingerprint density at radius 2 is 1.19 bits per heavy atom. The molecule has 1 aliphatic carbocycles. The minimum Gasteiger partial charge on any atom is -0.0801 e. The summed E-state index contributed by atoms with van der Waals surface area (Å²) in [5, 5.41) is 0. The van der Waals surface area contributed by atoms with E-state index in [2.05, 4.69) is 115 Å². The lowest BCUT2D eigenvalue weighted by molar-refractivity contribution is 1.23. The van der Waals surface area contributed by atoms with Crippen LogP contribution in [-0.4, -0.2) is 0 Å². The molecule has 124 valence electrons. The Morgan fingerprint density at radius 1 is 0.615 bits per heavy atom. The Morgan fingerprint density at radius 3 is 1.81 bits per heavy atom. The van der Waals surface area contributed by atoms with E-state index < -0.39 is 0 Å². The summed E-state index contributed by atoms with van der Waals surface area (Å²) in [6.07, 6.45) is 12.0. The summed E-state index contributed by atoms with van der Waals surface area (Å²) in [7, 11) is 0. The molecule has 0 heterocycles. The Hall–Kier alpha value is -3.25. The van der Waals surface area contributed by atoms with Crippen LogP contribution in [0.2, 0.25) is 0 Å². The number of benzene rings is 3. The molecule has 0 atom stereocenters. The zero-order valence-electron chi connectivity index (χ0n) is 14.7. The smallest absolute Gasteiger partial charge is 0.0632 e. The zero-order chi connectivity index (χ0) is 17.6. The van der Waals surface area contributed by atoms with Crippen molar-refractivity contribution in [3.8, 4) is 0 Å². The molecule has 0 heteroatoms. The van der Waals surface area contributed by atoms with Gasteiger partial charge < -0.3 is 0 Å². The van der Waals surface area contributed by atoms with Gasteiger partial charge in [0.2, 0.25) is 0 Å². The van der Waals surface area contributed by atoms with Crippen LogP contribution in [0.5, 0.6) is 0 Å². The third kappa shape index (κ3) is 3.70. The maximum Gasteiger partial charge on any atom is 0.0632 e. The quantitative estimate of drug-likeness (QED) is 0.372. The molecule has 0 aromatic heterocycles. The van der Waals surface area contributed by atoms with Gasteiger partial charge in [0, 0.05) is 5.56 Å². The monoisotopic (exact) mass is 333 g/mol. The summed E-state index contributed by atoms with van der Waals surface area (Å²) < 4.78 is 0. The molecule has 0 saturated carbocycles. The molecule has 0 N–H and O–H groups in total. The van der Waals surface area contributed by atoms with Gasteiger partial charge >= 0.3 is 0 Å². The lowest BCUT2D eigenvalue weighted by atomic mass is 9.84. The van der Waals surface area contributed by atoms with Gasteiger partial charge in [-0.2, -0.15) is 0 Å². The molecule has 3 aromatic carbocycles.